The Hall–Kier alpha value is -4.61. The van der Waals surface area contributed by atoms with E-state index < -0.39 is 10.7 Å². The van der Waals surface area contributed by atoms with Gasteiger partial charge in [0.25, 0.3) is 0 Å². The van der Waals surface area contributed by atoms with Crippen molar-refractivity contribution in [3.8, 4) is 17.4 Å². The lowest BCUT2D eigenvalue weighted by Gasteiger charge is -2.38. The molecule has 2 heterocycles. The number of nitro benzene ring substituents is 1. The molecular weight excluding hydrogens is 634 g/mol. The zero-order chi connectivity index (χ0) is 32.5. The van der Waals surface area contributed by atoms with Crippen molar-refractivity contribution < 1.29 is 18.8 Å². The molecule has 0 unspecified atom stereocenters. The maximum absolute atomic E-state index is 13.8. The summed E-state index contributed by atoms with van der Waals surface area (Å²) in [5.74, 6) is 1.24. The van der Waals surface area contributed by atoms with E-state index in [2.05, 4.69) is 20.1 Å². The van der Waals surface area contributed by atoms with Crippen molar-refractivity contribution in [2.45, 2.75) is 19.9 Å². The number of benzene rings is 3. The van der Waals surface area contributed by atoms with Gasteiger partial charge in [0.2, 0.25) is 5.88 Å². The molecule has 5 rings (SSSR count). The van der Waals surface area contributed by atoms with Gasteiger partial charge in [0, 0.05) is 78.4 Å². The van der Waals surface area contributed by atoms with E-state index in [1.165, 1.54) is 18.2 Å². The normalized spacial score (nSPS) is 13.4. The molecule has 1 aliphatic heterocycles. The van der Waals surface area contributed by atoms with Gasteiger partial charge in [-0.2, -0.15) is 0 Å². The predicted molar refractivity (Wildman–Crippen MR) is 178 cm³/mol. The molecule has 10 nitrogen and oxygen atoms in total. The van der Waals surface area contributed by atoms with Crippen LogP contribution in [-0.2, 0) is 13.0 Å². The average Bonchev–Trinajstić information content (AvgIpc) is 3.04. The third-order valence-electron chi connectivity index (χ3n) is 7.34. The molecule has 0 amide bonds. The fourth-order valence-corrected chi connectivity index (χ4v) is 5.54. The zero-order valence-electron chi connectivity index (χ0n) is 25.2. The van der Waals surface area contributed by atoms with Crippen LogP contribution in [0, 0.1) is 15.9 Å². The molecule has 0 saturated carbocycles. The molecule has 0 bridgehead atoms. The highest BCUT2D eigenvalue weighted by Gasteiger charge is 2.23. The van der Waals surface area contributed by atoms with Crippen molar-refractivity contribution in [2.24, 2.45) is 4.99 Å². The van der Waals surface area contributed by atoms with Crippen LogP contribution in [-0.4, -0.2) is 60.1 Å². The predicted octanol–water partition coefficient (Wildman–Crippen LogP) is 7.14. The smallest absolute Gasteiger partial charge is 0.311 e. The van der Waals surface area contributed by atoms with Crippen LogP contribution in [0.4, 0.5) is 15.8 Å². The van der Waals surface area contributed by atoms with E-state index >= 15 is 0 Å². The molecule has 4 aromatic rings. The van der Waals surface area contributed by atoms with Crippen LogP contribution in [0.2, 0.25) is 10.0 Å². The van der Waals surface area contributed by atoms with Crippen molar-refractivity contribution in [3.63, 3.8) is 0 Å². The Kier molecular flexibility index (Phi) is 11.1. The van der Waals surface area contributed by atoms with Crippen LogP contribution in [0.5, 0.6) is 17.4 Å². The van der Waals surface area contributed by atoms with E-state index in [4.69, 9.17) is 37.7 Å². The number of aliphatic imine (C=N–C) groups is 1. The van der Waals surface area contributed by atoms with Crippen LogP contribution in [0.25, 0.3) is 0 Å². The Balaban J connectivity index is 1.32. The number of nitrogens with zero attached hydrogens (tertiary/aromatic N) is 5. The van der Waals surface area contributed by atoms with Crippen molar-refractivity contribution in [1.29, 1.82) is 0 Å². The largest absolute Gasteiger partial charge is 0.487 e. The molecule has 0 radical (unpaired) electrons. The van der Waals surface area contributed by atoms with Gasteiger partial charge in [0.1, 0.15) is 11.6 Å². The third-order valence-corrected chi connectivity index (χ3v) is 7.92. The number of ether oxygens (including phenoxy) is 2. The molecule has 0 aliphatic carbocycles. The van der Waals surface area contributed by atoms with Crippen LogP contribution >= 0.6 is 23.2 Å². The second-order valence-corrected chi connectivity index (χ2v) is 11.2. The van der Waals surface area contributed by atoms with Gasteiger partial charge in [-0.05, 0) is 55.3 Å². The molecule has 1 saturated heterocycles. The molecule has 1 aromatic heterocycles. The van der Waals surface area contributed by atoms with Gasteiger partial charge in [0.15, 0.2) is 11.7 Å². The lowest BCUT2D eigenvalue weighted by Crippen LogP contribution is -2.52. The topological polar surface area (TPSA) is 105 Å². The van der Waals surface area contributed by atoms with Gasteiger partial charge >= 0.3 is 5.69 Å². The molecule has 240 valence electrons. The number of rotatable bonds is 11. The molecule has 0 spiro atoms. The van der Waals surface area contributed by atoms with Crippen molar-refractivity contribution in [3.05, 3.63) is 116 Å². The van der Waals surface area contributed by atoms with E-state index in [0.29, 0.717) is 73.4 Å². The van der Waals surface area contributed by atoms with E-state index in [9.17, 15) is 14.5 Å². The zero-order valence-corrected chi connectivity index (χ0v) is 26.7. The standard InChI is InChI=1S/C33H33Cl2FN6O4/c1-2-45-31-21-27(10-11-30(31)42(43)44)40-15-17-41(18-16-40)33(38-14-12-23-8-9-25(34)19-29(23)35)39-22-24-5-4-13-37-32(24)46-28-7-3-6-26(36)20-28/h3-11,13,19-21H,2,12,14-18,22H2,1H3,(H,38,39). The van der Waals surface area contributed by atoms with Crippen molar-refractivity contribution in [2.75, 3.05) is 44.2 Å². The number of hydrogen-bond acceptors (Lipinski definition) is 7. The minimum atomic E-state index is -0.435. The first-order valence-electron chi connectivity index (χ1n) is 14.8. The second kappa shape index (κ2) is 15.6. The molecule has 1 fully saturated rings. The maximum Gasteiger partial charge on any atom is 0.311 e. The highest BCUT2D eigenvalue weighted by atomic mass is 35.5. The van der Waals surface area contributed by atoms with Crippen LogP contribution < -0.4 is 19.7 Å². The van der Waals surface area contributed by atoms with Gasteiger partial charge in [-0.25, -0.2) is 14.4 Å². The number of hydrogen-bond donors (Lipinski definition) is 1. The monoisotopic (exact) mass is 666 g/mol. The number of nitrogens with one attached hydrogen (secondary N) is 1. The number of anilines is 1. The number of guanidine groups is 1. The maximum atomic E-state index is 13.8. The first kappa shape index (κ1) is 32.8. The first-order valence-corrected chi connectivity index (χ1v) is 15.6. The summed E-state index contributed by atoms with van der Waals surface area (Å²) in [5, 5.41) is 16.1. The van der Waals surface area contributed by atoms with Crippen LogP contribution in [0.15, 0.2) is 84.0 Å². The van der Waals surface area contributed by atoms with E-state index in [1.54, 1.807) is 49.5 Å². The second-order valence-electron chi connectivity index (χ2n) is 10.4. The Labute approximate surface area is 276 Å². The summed E-state index contributed by atoms with van der Waals surface area (Å²) in [7, 11) is 0. The Morgan fingerprint density at radius 1 is 1.04 bits per heavy atom. The molecule has 1 aliphatic rings. The fraction of sp³-hybridized carbons (Fsp3) is 0.273. The minimum absolute atomic E-state index is 0.0557. The summed E-state index contributed by atoms with van der Waals surface area (Å²) in [6.45, 7) is 5.58. The van der Waals surface area contributed by atoms with Gasteiger partial charge in [-0.1, -0.05) is 41.4 Å². The minimum Gasteiger partial charge on any atom is -0.487 e. The SMILES string of the molecule is CCOc1cc(N2CCN(C(=NCc3cccnc3Oc3cccc(F)c3)NCCc3ccc(Cl)cc3Cl)CC2)ccc1[N+](=O)[O-]. The summed E-state index contributed by atoms with van der Waals surface area (Å²) in [5.41, 5.74) is 2.50. The first-order chi connectivity index (χ1) is 22.3. The molecule has 0 atom stereocenters. The number of aromatic nitrogens is 1. The van der Waals surface area contributed by atoms with Gasteiger partial charge < -0.3 is 24.6 Å². The van der Waals surface area contributed by atoms with E-state index in [0.717, 1.165) is 16.8 Å². The van der Waals surface area contributed by atoms with Gasteiger partial charge in [-0.3, -0.25) is 10.1 Å². The lowest BCUT2D eigenvalue weighted by molar-refractivity contribution is -0.385. The Morgan fingerprint density at radius 2 is 1.87 bits per heavy atom. The molecule has 3 aromatic carbocycles. The summed E-state index contributed by atoms with van der Waals surface area (Å²) in [6, 6.07) is 20.0. The quantitative estimate of drug-likeness (QED) is 0.0780. The van der Waals surface area contributed by atoms with Crippen molar-refractivity contribution >= 4 is 40.5 Å². The molecule has 13 heteroatoms. The average molecular weight is 668 g/mol. The Bertz CT molecular complexity index is 1700. The lowest BCUT2D eigenvalue weighted by atomic mass is 10.1. The van der Waals surface area contributed by atoms with E-state index in [1.807, 2.05) is 18.2 Å². The summed E-state index contributed by atoms with van der Waals surface area (Å²) >= 11 is 12.5. The van der Waals surface area contributed by atoms with Gasteiger partial charge in [0.05, 0.1) is 18.1 Å². The Morgan fingerprint density at radius 3 is 2.61 bits per heavy atom. The summed E-state index contributed by atoms with van der Waals surface area (Å²) in [4.78, 5) is 24.6. The van der Waals surface area contributed by atoms with Crippen molar-refractivity contribution in [1.82, 2.24) is 15.2 Å². The van der Waals surface area contributed by atoms with Gasteiger partial charge in [-0.15, -0.1) is 0 Å². The summed E-state index contributed by atoms with van der Waals surface area (Å²) in [6.07, 6.45) is 2.27. The van der Waals surface area contributed by atoms with Crippen LogP contribution in [0.3, 0.4) is 0 Å². The molecule has 46 heavy (non-hydrogen) atoms. The molecular formula is C33H33Cl2FN6O4. The number of nitro groups is 1. The molecule has 1 N–H and O–H groups in total. The fourth-order valence-electron chi connectivity index (χ4n) is 5.04. The van der Waals surface area contributed by atoms with Crippen LogP contribution in [0.1, 0.15) is 18.1 Å². The number of halogens is 3. The number of pyridine rings is 1. The summed E-state index contributed by atoms with van der Waals surface area (Å²) < 4.78 is 25.2. The highest BCUT2D eigenvalue weighted by Crippen LogP contribution is 2.32. The van der Waals surface area contributed by atoms with E-state index in [-0.39, 0.29) is 18.0 Å². The highest BCUT2D eigenvalue weighted by molar-refractivity contribution is 6.35. The third kappa shape index (κ3) is 8.55. The number of piperazine rings is 1.